The Bertz CT molecular complexity index is 748. The average Bonchev–Trinajstić information content (AvgIpc) is 2.51. The maximum Gasteiger partial charge on any atom is 0.165 e. The number of phenols is 1. The highest BCUT2D eigenvalue weighted by molar-refractivity contribution is 5.67. The molecule has 0 unspecified atom stereocenters. The van der Waals surface area contributed by atoms with Gasteiger partial charge in [0.2, 0.25) is 0 Å². The van der Waals surface area contributed by atoms with Gasteiger partial charge in [-0.05, 0) is 66.6 Å². The van der Waals surface area contributed by atoms with Crippen molar-refractivity contribution in [3.63, 3.8) is 0 Å². The first-order valence-corrected chi connectivity index (χ1v) is 8.26. The van der Waals surface area contributed by atoms with Crippen LogP contribution in [0.5, 0.6) is 11.5 Å². The van der Waals surface area contributed by atoms with Crippen molar-refractivity contribution in [1.29, 1.82) is 0 Å². The number of halogens is 1. The Balaban J connectivity index is 2.44. The number of hydrogen-bond donors (Lipinski definition) is 1. The molecule has 0 spiro atoms. The summed E-state index contributed by atoms with van der Waals surface area (Å²) in [5.41, 5.74) is 4.56. The second kappa shape index (κ2) is 7.52. The molecule has 0 aliphatic carbocycles. The van der Waals surface area contributed by atoms with Gasteiger partial charge in [0.1, 0.15) is 5.75 Å². The van der Waals surface area contributed by atoms with Gasteiger partial charge in [0.05, 0.1) is 6.61 Å². The van der Waals surface area contributed by atoms with Crippen molar-refractivity contribution in [2.24, 2.45) is 0 Å². The summed E-state index contributed by atoms with van der Waals surface area (Å²) in [6.07, 6.45) is 0.575. The summed E-state index contributed by atoms with van der Waals surface area (Å²) in [5, 5.41) is 9.96. The summed E-state index contributed by atoms with van der Waals surface area (Å²) in [5.74, 6) is 0.418. The molecule has 0 atom stereocenters. The van der Waals surface area contributed by atoms with Gasteiger partial charge in [-0.25, -0.2) is 4.39 Å². The van der Waals surface area contributed by atoms with E-state index in [2.05, 4.69) is 6.58 Å². The predicted molar refractivity (Wildman–Crippen MR) is 97.3 cm³/mol. The molecule has 24 heavy (non-hydrogen) atoms. The number of allylic oxidation sites excluding steroid dienone is 1. The van der Waals surface area contributed by atoms with Crippen LogP contribution >= 0.6 is 0 Å². The summed E-state index contributed by atoms with van der Waals surface area (Å²) >= 11 is 0. The highest BCUT2D eigenvalue weighted by atomic mass is 19.1. The molecule has 1 N–H and O–H groups in total. The largest absolute Gasteiger partial charge is 0.508 e. The topological polar surface area (TPSA) is 29.5 Å². The van der Waals surface area contributed by atoms with Crippen LogP contribution in [0.1, 0.15) is 55.9 Å². The minimum atomic E-state index is -0.361. The summed E-state index contributed by atoms with van der Waals surface area (Å²) < 4.78 is 19.6. The van der Waals surface area contributed by atoms with E-state index in [4.69, 9.17) is 4.74 Å². The Hall–Kier alpha value is -2.29. The van der Waals surface area contributed by atoms with Crippen LogP contribution in [0.25, 0.3) is 5.57 Å². The second-order valence-corrected chi connectivity index (χ2v) is 6.38. The molecule has 2 aromatic rings. The van der Waals surface area contributed by atoms with Gasteiger partial charge in [-0.15, -0.1) is 0 Å². The van der Waals surface area contributed by atoms with E-state index in [9.17, 15) is 9.50 Å². The van der Waals surface area contributed by atoms with E-state index in [0.717, 1.165) is 27.8 Å². The van der Waals surface area contributed by atoms with Crippen molar-refractivity contribution in [2.75, 3.05) is 6.61 Å². The van der Waals surface area contributed by atoms with Gasteiger partial charge < -0.3 is 9.84 Å². The molecule has 0 aliphatic heterocycles. The first kappa shape index (κ1) is 18.1. The van der Waals surface area contributed by atoms with Crippen LogP contribution in [0, 0.1) is 5.82 Å². The molecule has 0 radical (unpaired) electrons. The minimum absolute atomic E-state index is 0.225. The van der Waals surface area contributed by atoms with E-state index < -0.39 is 0 Å². The number of benzene rings is 2. The van der Waals surface area contributed by atoms with Gasteiger partial charge in [-0.3, -0.25) is 0 Å². The Kier molecular flexibility index (Phi) is 5.66. The lowest BCUT2D eigenvalue weighted by molar-refractivity contribution is 0.321. The lowest BCUT2D eigenvalue weighted by Crippen LogP contribution is -2.01. The number of ether oxygens (including phenoxy) is 1. The summed E-state index contributed by atoms with van der Waals surface area (Å²) in [6.45, 7) is 12.2. The third kappa shape index (κ3) is 3.97. The molecular weight excluding hydrogens is 303 g/mol. The summed E-state index contributed by atoms with van der Waals surface area (Å²) in [7, 11) is 0. The van der Waals surface area contributed by atoms with E-state index in [1.807, 2.05) is 39.8 Å². The molecule has 128 valence electrons. The number of hydrogen-bond acceptors (Lipinski definition) is 2. The second-order valence-electron chi connectivity index (χ2n) is 6.38. The van der Waals surface area contributed by atoms with Crippen LogP contribution in [0.3, 0.4) is 0 Å². The highest BCUT2D eigenvalue weighted by Crippen LogP contribution is 2.31. The van der Waals surface area contributed by atoms with Gasteiger partial charge in [0, 0.05) is 0 Å². The van der Waals surface area contributed by atoms with Crippen molar-refractivity contribution in [3.05, 3.63) is 65.0 Å². The smallest absolute Gasteiger partial charge is 0.165 e. The lowest BCUT2D eigenvalue weighted by atomic mass is 9.93. The molecule has 2 nitrogen and oxygen atoms in total. The van der Waals surface area contributed by atoms with Crippen molar-refractivity contribution in [1.82, 2.24) is 0 Å². The maximum absolute atomic E-state index is 14.3. The highest BCUT2D eigenvalue weighted by Gasteiger charge is 2.13. The first-order valence-electron chi connectivity index (χ1n) is 8.26. The predicted octanol–water partition coefficient (Wildman–Crippen LogP) is 5.68. The normalized spacial score (nSPS) is 10.9. The Morgan fingerprint density at radius 2 is 1.96 bits per heavy atom. The van der Waals surface area contributed by atoms with E-state index >= 15 is 0 Å². The van der Waals surface area contributed by atoms with Crippen LogP contribution in [-0.4, -0.2) is 11.7 Å². The number of phenolic OH excluding ortho intramolecular Hbond substituents is 1. The molecule has 2 rings (SSSR count). The molecule has 0 heterocycles. The molecule has 0 aliphatic rings. The van der Waals surface area contributed by atoms with Crippen molar-refractivity contribution < 1.29 is 14.2 Å². The zero-order chi connectivity index (χ0) is 17.9. The van der Waals surface area contributed by atoms with E-state index in [1.54, 1.807) is 12.1 Å². The fraction of sp³-hybridized carbons (Fsp3) is 0.333. The van der Waals surface area contributed by atoms with Gasteiger partial charge in [-0.1, -0.05) is 38.1 Å². The van der Waals surface area contributed by atoms with E-state index in [1.165, 1.54) is 6.07 Å². The third-order valence-corrected chi connectivity index (χ3v) is 4.03. The Morgan fingerprint density at radius 3 is 2.54 bits per heavy atom. The Morgan fingerprint density at radius 1 is 1.25 bits per heavy atom. The molecular formula is C21H25FO2. The molecule has 0 bridgehead atoms. The summed E-state index contributed by atoms with van der Waals surface area (Å²) in [6, 6.07) is 8.81. The fourth-order valence-corrected chi connectivity index (χ4v) is 2.80. The minimum Gasteiger partial charge on any atom is -0.508 e. The molecule has 0 saturated heterocycles. The third-order valence-electron chi connectivity index (χ3n) is 4.03. The van der Waals surface area contributed by atoms with Gasteiger partial charge in [0.15, 0.2) is 11.6 Å². The van der Waals surface area contributed by atoms with Crippen molar-refractivity contribution >= 4 is 5.57 Å². The van der Waals surface area contributed by atoms with Gasteiger partial charge in [-0.2, -0.15) is 0 Å². The van der Waals surface area contributed by atoms with Crippen LogP contribution in [0.4, 0.5) is 4.39 Å². The molecule has 0 amide bonds. The summed E-state index contributed by atoms with van der Waals surface area (Å²) in [4.78, 5) is 0. The average molecular weight is 328 g/mol. The SMILES string of the molecule is C=C(C)c1cc(OCC)c(F)cc1Cc1ccc(O)c(C(C)C)c1. The van der Waals surface area contributed by atoms with Crippen molar-refractivity contribution in [2.45, 2.75) is 40.0 Å². The fourth-order valence-electron chi connectivity index (χ4n) is 2.80. The zero-order valence-corrected chi connectivity index (χ0v) is 14.8. The molecule has 0 aromatic heterocycles. The zero-order valence-electron chi connectivity index (χ0n) is 14.8. The Labute approximate surface area is 143 Å². The monoisotopic (exact) mass is 328 g/mol. The molecule has 2 aromatic carbocycles. The molecule has 3 heteroatoms. The number of aromatic hydroxyl groups is 1. The number of rotatable bonds is 6. The van der Waals surface area contributed by atoms with Crippen LogP contribution in [-0.2, 0) is 6.42 Å². The standard InChI is InChI=1S/C21H25FO2/c1-6-24-21-12-17(13(2)3)16(11-19(21)22)9-15-7-8-20(23)18(10-15)14(4)5/h7-8,10-12,14,23H,2,6,9H2,1,3-5H3. The van der Waals surface area contributed by atoms with Crippen LogP contribution in [0.15, 0.2) is 36.9 Å². The van der Waals surface area contributed by atoms with E-state index in [0.29, 0.717) is 18.8 Å². The van der Waals surface area contributed by atoms with Gasteiger partial charge >= 0.3 is 0 Å². The van der Waals surface area contributed by atoms with Crippen LogP contribution in [0.2, 0.25) is 0 Å². The van der Waals surface area contributed by atoms with Crippen LogP contribution < -0.4 is 4.74 Å². The first-order chi connectivity index (χ1) is 11.3. The van der Waals surface area contributed by atoms with Gasteiger partial charge in [0.25, 0.3) is 0 Å². The quantitative estimate of drug-likeness (QED) is 0.739. The lowest BCUT2D eigenvalue weighted by Gasteiger charge is -2.15. The molecule has 0 fully saturated rings. The molecule has 0 saturated carbocycles. The van der Waals surface area contributed by atoms with Crippen molar-refractivity contribution in [3.8, 4) is 11.5 Å². The van der Waals surface area contributed by atoms with E-state index in [-0.39, 0.29) is 17.5 Å². The maximum atomic E-state index is 14.3.